The minimum atomic E-state index is -0.485. The Kier molecular flexibility index (Phi) is 7.94. The number of pyridine rings is 1. The first kappa shape index (κ1) is 26.1. The monoisotopic (exact) mass is 515 g/mol. The zero-order valence-electron chi connectivity index (χ0n) is 21.3. The van der Waals surface area contributed by atoms with Crippen LogP contribution in [0.5, 0.6) is 0 Å². The summed E-state index contributed by atoms with van der Waals surface area (Å²) in [6.45, 7) is 9.36. The number of rotatable bonds is 5. The average molecular weight is 516 g/mol. The lowest BCUT2D eigenvalue weighted by Crippen LogP contribution is -2.62. The Labute approximate surface area is 216 Å². The molecule has 2 fully saturated rings. The van der Waals surface area contributed by atoms with E-state index in [2.05, 4.69) is 38.6 Å². The number of amides is 1. The summed E-state index contributed by atoms with van der Waals surface area (Å²) >= 11 is 5.88. The summed E-state index contributed by atoms with van der Waals surface area (Å²) in [7, 11) is 1.34. The first-order valence-electron chi connectivity index (χ1n) is 12.4. The molecule has 2 atom stereocenters. The van der Waals surface area contributed by atoms with Crippen LogP contribution in [-0.2, 0) is 4.74 Å². The Hall–Kier alpha value is -2.98. The van der Waals surface area contributed by atoms with Crippen molar-refractivity contribution >= 4 is 35.1 Å². The van der Waals surface area contributed by atoms with E-state index in [1.54, 1.807) is 12.1 Å². The summed E-state index contributed by atoms with van der Waals surface area (Å²) in [5, 5.41) is 0.280. The van der Waals surface area contributed by atoms with Crippen LogP contribution >= 0.6 is 11.6 Å². The maximum Gasteiger partial charge on any atom is 0.358 e. The number of nitrogens with zero attached hydrogens (tertiary/aromatic N) is 6. The molecule has 1 amide bonds. The van der Waals surface area contributed by atoms with Gasteiger partial charge in [-0.05, 0) is 45.2 Å². The van der Waals surface area contributed by atoms with Crippen LogP contribution < -0.4 is 10.6 Å². The molecule has 2 saturated heterocycles. The third-order valence-electron chi connectivity index (χ3n) is 7.28. The molecule has 2 aromatic rings. The highest BCUT2D eigenvalue weighted by Gasteiger charge is 2.38. The zero-order valence-corrected chi connectivity index (χ0v) is 22.0. The van der Waals surface area contributed by atoms with E-state index in [1.165, 1.54) is 13.3 Å². The summed E-state index contributed by atoms with van der Waals surface area (Å²) < 4.78 is 4.77. The number of piperazine rings is 1. The largest absolute Gasteiger partial charge is 0.464 e. The molecule has 2 N–H and O–H groups in total. The van der Waals surface area contributed by atoms with Gasteiger partial charge in [0.2, 0.25) is 0 Å². The molecular weight excluding hydrogens is 482 g/mol. The number of likely N-dealkylation sites (tertiary alicyclic amines) is 1. The molecule has 11 heteroatoms. The molecule has 0 saturated carbocycles. The Morgan fingerprint density at radius 2 is 1.92 bits per heavy atom. The van der Waals surface area contributed by atoms with Gasteiger partial charge >= 0.3 is 5.97 Å². The molecular formula is C25H34ClN7O3. The van der Waals surface area contributed by atoms with Crippen molar-refractivity contribution in [1.29, 1.82) is 0 Å². The molecule has 0 unspecified atom stereocenters. The van der Waals surface area contributed by atoms with Crippen molar-refractivity contribution in [2.24, 2.45) is 0 Å². The van der Waals surface area contributed by atoms with Crippen LogP contribution in [0.3, 0.4) is 0 Å². The summed E-state index contributed by atoms with van der Waals surface area (Å²) in [5.74, 6) is 0.401. The Balaban J connectivity index is 1.41. The van der Waals surface area contributed by atoms with Gasteiger partial charge in [0.15, 0.2) is 5.69 Å². The van der Waals surface area contributed by atoms with Crippen molar-refractivity contribution in [3.05, 3.63) is 40.4 Å². The van der Waals surface area contributed by atoms with Crippen LogP contribution in [0.2, 0.25) is 5.15 Å². The van der Waals surface area contributed by atoms with Gasteiger partial charge in [-0.25, -0.2) is 19.7 Å². The van der Waals surface area contributed by atoms with Gasteiger partial charge in [-0.2, -0.15) is 0 Å². The van der Waals surface area contributed by atoms with E-state index in [-0.39, 0.29) is 28.6 Å². The fourth-order valence-electron chi connectivity index (χ4n) is 5.33. The summed E-state index contributed by atoms with van der Waals surface area (Å²) in [6.07, 6.45) is 4.30. The third-order valence-corrected chi connectivity index (χ3v) is 7.49. The lowest BCUT2D eigenvalue weighted by atomic mass is 9.96. The smallest absolute Gasteiger partial charge is 0.358 e. The molecule has 2 aliphatic rings. The fourth-order valence-corrected chi connectivity index (χ4v) is 5.49. The highest BCUT2D eigenvalue weighted by atomic mass is 35.5. The molecule has 2 aromatic heterocycles. The van der Waals surface area contributed by atoms with Gasteiger partial charge in [0.25, 0.3) is 5.91 Å². The second-order valence-corrected chi connectivity index (χ2v) is 9.89. The number of nitrogen functional groups attached to an aromatic ring is 1. The number of halogens is 1. The maximum absolute atomic E-state index is 13.0. The molecule has 0 aromatic carbocycles. The van der Waals surface area contributed by atoms with Crippen molar-refractivity contribution in [1.82, 2.24) is 24.8 Å². The number of ether oxygens (including phenoxy) is 1. The number of methoxy groups -OCH3 is 1. The van der Waals surface area contributed by atoms with Crippen molar-refractivity contribution in [2.75, 3.05) is 43.9 Å². The van der Waals surface area contributed by atoms with Crippen LogP contribution in [0.15, 0.2) is 18.3 Å². The number of aryl methyl sites for hydroxylation is 1. The molecule has 194 valence electrons. The van der Waals surface area contributed by atoms with E-state index in [1.807, 2.05) is 11.8 Å². The molecule has 0 bridgehead atoms. The topological polar surface area (TPSA) is 118 Å². The predicted molar refractivity (Wildman–Crippen MR) is 138 cm³/mol. The molecule has 2 aliphatic heterocycles. The number of nitrogens with two attached hydrogens (primary N) is 1. The number of hydrogen-bond donors (Lipinski definition) is 1. The van der Waals surface area contributed by atoms with Gasteiger partial charge in [0.05, 0.1) is 24.6 Å². The van der Waals surface area contributed by atoms with Crippen LogP contribution in [0.1, 0.15) is 59.7 Å². The quantitative estimate of drug-likeness (QED) is 0.473. The van der Waals surface area contributed by atoms with E-state index in [0.717, 1.165) is 43.9 Å². The molecule has 0 radical (unpaired) electrons. The maximum atomic E-state index is 13.0. The number of piperidine rings is 1. The van der Waals surface area contributed by atoms with Crippen molar-refractivity contribution < 1.29 is 14.3 Å². The van der Waals surface area contributed by atoms with Crippen molar-refractivity contribution in [2.45, 2.75) is 58.2 Å². The summed E-state index contributed by atoms with van der Waals surface area (Å²) in [6, 6.07) is 4.23. The van der Waals surface area contributed by atoms with E-state index in [4.69, 9.17) is 22.1 Å². The van der Waals surface area contributed by atoms with Crippen molar-refractivity contribution in [3.63, 3.8) is 0 Å². The van der Waals surface area contributed by atoms with E-state index in [9.17, 15) is 9.59 Å². The predicted octanol–water partition coefficient (Wildman–Crippen LogP) is 2.80. The first-order chi connectivity index (χ1) is 17.2. The molecule has 10 nitrogen and oxygen atoms in total. The number of carbonyl (C=O) groups is 2. The van der Waals surface area contributed by atoms with Gasteiger partial charge in [0, 0.05) is 44.3 Å². The standard InChI is InChI=1S/C25H34ClN7O3/c1-5-17-14-32(23-16(3)29-20(12-28-23)25(35)36-4)15(2)13-33(17)18-8-10-31(11-9-18)24(34)19-6-7-21(26)30-22(19)27/h6-7,12,15,17-18H,5,8-11,13-14H2,1-4H3,(H2,27,30)/t15-,17+/m1/s1. The second kappa shape index (κ2) is 11.0. The number of aromatic nitrogens is 3. The lowest BCUT2D eigenvalue weighted by Gasteiger charge is -2.50. The minimum Gasteiger partial charge on any atom is -0.464 e. The average Bonchev–Trinajstić information content (AvgIpc) is 2.88. The Bertz CT molecular complexity index is 1120. The normalized spacial score (nSPS) is 21.5. The van der Waals surface area contributed by atoms with E-state index >= 15 is 0 Å². The number of anilines is 2. The third kappa shape index (κ3) is 5.24. The second-order valence-electron chi connectivity index (χ2n) is 9.51. The van der Waals surface area contributed by atoms with Crippen LogP contribution in [-0.4, -0.2) is 88.0 Å². The van der Waals surface area contributed by atoms with Gasteiger partial charge in [-0.3, -0.25) is 9.69 Å². The fraction of sp³-hybridized carbons (Fsp3) is 0.560. The van der Waals surface area contributed by atoms with Crippen LogP contribution in [0, 0.1) is 6.92 Å². The summed E-state index contributed by atoms with van der Waals surface area (Å²) in [5.41, 5.74) is 7.28. The minimum absolute atomic E-state index is 0.0928. The van der Waals surface area contributed by atoms with Gasteiger partial charge < -0.3 is 20.3 Å². The lowest BCUT2D eigenvalue weighted by molar-refractivity contribution is 0.0434. The highest BCUT2D eigenvalue weighted by molar-refractivity contribution is 6.29. The summed E-state index contributed by atoms with van der Waals surface area (Å²) in [4.78, 5) is 44.6. The number of esters is 1. The number of carbonyl (C=O) groups excluding carboxylic acids is 2. The molecule has 4 rings (SSSR count). The van der Waals surface area contributed by atoms with Crippen LogP contribution in [0.25, 0.3) is 0 Å². The van der Waals surface area contributed by atoms with Gasteiger partial charge in [-0.15, -0.1) is 0 Å². The molecule has 4 heterocycles. The van der Waals surface area contributed by atoms with E-state index < -0.39 is 5.97 Å². The molecule has 0 aliphatic carbocycles. The van der Waals surface area contributed by atoms with Gasteiger partial charge in [-0.1, -0.05) is 18.5 Å². The Morgan fingerprint density at radius 1 is 1.19 bits per heavy atom. The van der Waals surface area contributed by atoms with Gasteiger partial charge in [0.1, 0.15) is 16.8 Å². The Morgan fingerprint density at radius 3 is 2.53 bits per heavy atom. The van der Waals surface area contributed by atoms with Crippen LogP contribution in [0.4, 0.5) is 11.6 Å². The highest BCUT2D eigenvalue weighted by Crippen LogP contribution is 2.30. The number of hydrogen-bond acceptors (Lipinski definition) is 9. The molecule has 0 spiro atoms. The zero-order chi connectivity index (χ0) is 26.0. The van der Waals surface area contributed by atoms with Crippen molar-refractivity contribution in [3.8, 4) is 0 Å². The first-order valence-corrected chi connectivity index (χ1v) is 12.8. The molecule has 36 heavy (non-hydrogen) atoms. The SMILES string of the molecule is CC[C@H]1CN(c2ncc(C(=O)OC)nc2C)[C@H](C)CN1C1CCN(C(=O)c2ccc(Cl)nc2N)CC1. The van der Waals surface area contributed by atoms with E-state index in [0.29, 0.717) is 30.7 Å².